The molecule has 2 aromatic carbocycles. The lowest BCUT2D eigenvalue weighted by molar-refractivity contribution is -0.129. The van der Waals surface area contributed by atoms with E-state index in [2.05, 4.69) is 10.3 Å². The molecule has 104 valence electrons. The van der Waals surface area contributed by atoms with Crippen LogP contribution in [0.1, 0.15) is 16.7 Å². The summed E-state index contributed by atoms with van der Waals surface area (Å²) in [5, 5.41) is 14.8. The summed E-state index contributed by atoms with van der Waals surface area (Å²) in [5.41, 5.74) is 2.11. The van der Waals surface area contributed by atoms with Crippen LogP contribution in [-0.4, -0.2) is 16.0 Å². The Labute approximate surface area is 121 Å². The van der Waals surface area contributed by atoms with E-state index in [4.69, 9.17) is 0 Å². The van der Waals surface area contributed by atoms with Gasteiger partial charge in [0.15, 0.2) is 5.60 Å². The Bertz CT molecular complexity index is 881. The third-order valence-electron chi connectivity index (χ3n) is 4.12. The Morgan fingerprint density at radius 1 is 1.10 bits per heavy atom. The highest BCUT2D eigenvalue weighted by atomic mass is 16.3. The number of nitrogens with one attached hydrogen (secondary N) is 2. The van der Waals surface area contributed by atoms with Crippen molar-refractivity contribution in [2.45, 2.75) is 12.5 Å². The maximum Gasteiger partial charge on any atom is 0.265 e. The van der Waals surface area contributed by atoms with Gasteiger partial charge in [-0.05, 0) is 19.1 Å². The number of benzene rings is 2. The van der Waals surface area contributed by atoms with E-state index in [1.807, 2.05) is 49.4 Å². The maximum absolute atomic E-state index is 12.4. The number of carbonyl (C=O) groups excluding carboxylic acids is 1. The van der Waals surface area contributed by atoms with E-state index in [9.17, 15) is 9.90 Å². The molecule has 0 fully saturated rings. The Hall–Kier alpha value is -2.59. The second-order valence-corrected chi connectivity index (χ2v) is 5.46. The van der Waals surface area contributed by atoms with Gasteiger partial charge in [0.05, 0.1) is 0 Å². The van der Waals surface area contributed by atoms with Crippen molar-refractivity contribution in [1.82, 2.24) is 4.98 Å². The Morgan fingerprint density at radius 2 is 1.90 bits per heavy atom. The van der Waals surface area contributed by atoms with Crippen LogP contribution in [0.25, 0.3) is 10.9 Å². The van der Waals surface area contributed by atoms with Gasteiger partial charge in [-0.2, -0.15) is 0 Å². The van der Waals surface area contributed by atoms with Crippen LogP contribution in [0, 0.1) is 6.92 Å². The third kappa shape index (κ3) is 1.51. The predicted octanol–water partition coefficient (Wildman–Crippen LogP) is 2.66. The molecule has 1 aliphatic heterocycles. The lowest BCUT2D eigenvalue weighted by atomic mass is 9.86. The van der Waals surface area contributed by atoms with Crippen LogP contribution in [0.4, 0.5) is 5.69 Å². The van der Waals surface area contributed by atoms with Crippen LogP contribution >= 0.6 is 0 Å². The van der Waals surface area contributed by atoms with E-state index in [0.717, 1.165) is 16.5 Å². The maximum atomic E-state index is 12.4. The first-order valence-electron chi connectivity index (χ1n) is 6.82. The molecule has 0 aliphatic carbocycles. The first kappa shape index (κ1) is 12.2. The number of aromatic nitrogens is 1. The highest BCUT2D eigenvalue weighted by Crippen LogP contribution is 2.43. The quantitative estimate of drug-likeness (QED) is 0.640. The fourth-order valence-electron chi connectivity index (χ4n) is 3.04. The summed E-state index contributed by atoms with van der Waals surface area (Å²) in [6, 6.07) is 13.2. The van der Waals surface area contributed by atoms with Gasteiger partial charge in [0, 0.05) is 33.9 Å². The molecule has 2 heterocycles. The van der Waals surface area contributed by atoms with Crippen molar-refractivity contribution < 1.29 is 9.90 Å². The van der Waals surface area contributed by atoms with Gasteiger partial charge in [-0.25, -0.2) is 0 Å². The molecule has 0 saturated heterocycles. The molecule has 0 radical (unpaired) electrons. The minimum Gasteiger partial charge on any atom is -0.372 e. The molecule has 0 saturated carbocycles. The average Bonchev–Trinajstić information content (AvgIpc) is 3.01. The van der Waals surface area contributed by atoms with Crippen molar-refractivity contribution in [3.8, 4) is 0 Å². The molecule has 1 unspecified atom stereocenters. The molecule has 4 heteroatoms. The fraction of sp³-hybridized carbons (Fsp3) is 0.118. The summed E-state index contributed by atoms with van der Waals surface area (Å²) in [7, 11) is 0. The SMILES string of the molecule is Cc1ccc2c(c1)C(O)(c1c[nH]c3ccccc13)C(=O)N2. The van der Waals surface area contributed by atoms with Gasteiger partial charge in [0.2, 0.25) is 0 Å². The van der Waals surface area contributed by atoms with E-state index >= 15 is 0 Å². The second-order valence-electron chi connectivity index (χ2n) is 5.46. The predicted molar refractivity (Wildman–Crippen MR) is 81.1 cm³/mol. The van der Waals surface area contributed by atoms with Gasteiger partial charge in [-0.15, -0.1) is 0 Å². The van der Waals surface area contributed by atoms with Crippen molar-refractivity contribution in [1.29, 1.82) is 0 Å². The zero-order valence-electron chi connectivity index (χ0n) is 11.5. The number of aromatic amines is 1. The van der Waals surface area contributed by atoms with Crippen LogP contribution in [0.5, 0.6) is 0 Å². The van der Waals surface area contributed by atoms with Gasteiger partial charge in [0.25, 0.3) is 5.91 Å². The van der Waals surface area contributed by atoms with Crippen molar-refractivity contribution >= 4 is 22.5 Å². The number of anilines is 1. The Kier molecular flexibility index (Phi) is 2.30. The minimum absolute atomic E-state index is 0.409. The summed E-state index contributed by atoms with van der Waals surface area (Å²) in [5.74, 6) is -0.409. The molecule has 1 aliphatic rings. The number of rotatable bonds is 1. The van der Waals surface area contributed by atoms with Crippen LogP contribution in [0.2, 0.25) is 0 Å². The molecule has 21 heavy (non-hydrogen) atoms. The van der Waals surface area contributed by atoms with Crippen LogP contribution in [-0.2, 0) is 10.4 Å². The topological polar surface area (TPSA) is 65.1 Å². The number of aliphatic hydroxyl groups is 1. The number of H-pyrrole nitrogens is 1. The van der Waals surface area contributed by atoms with Crippen molar-refractivity contribution in [2.24, 2.45) is 0 Å². The van der Waals surface area contributed by atoms with E-state index in [-0.39, 0.29) is 0 Å². The summed E-state index contributed by atoms with van der Waals surface area (Å²) in [6.07, 6.45) is 1.71. The third-order valence-corrected chi connectivity index (χ3v) is 4.12. The first-order chi connectivity index (χ1) is 10.1. The Balaban J connectivity index is 2.03. The summed E-state index contributed by atoms with van der Waals surface area (Å²) in [6.45, 7) is 1.94. The second kappa shape index (κ2) is 3.96. The number of aryl methyl sites for hydroxylation is 1. The van der Waals surface area contributed by atoms with E-state index in [0.29, 0.717) is 16.8 Å². The number of para-hydroxylation sites is 1. The summed E-state index contributed by atoms with van der Waals surface area (Å²) in [4.78, 5) is 15.5. The number of amides is 1. The lowest BCUT2D eigenvalue weighted by Gasteiger charge is -2.20. The van der Waals surface area contributed by atoms with Gasteiger partial charge in [-0.1, -0.05) is 35.9 Å². The van der Waals surface area contributed by atoms with Crippen LogP contribution < -0.4 is 5.32 Å². The average molecular weight is 278 g/mol. The highest BCUT2D eigenvalue weighted by Gasteiger charge is 2.48. The number of carbonyl (C=O) groups is 1. The van der Waals surface area contributed by atoms with Gasteiger partial charge < -0.3 is 15.4 Å². The highest BCUT2D eigenvalue weighted by molar-refractivity contribution is 6.09. The van der Waals surface area contributed by atoms with Gasteiger partial charge in [0.1, 0.15) is 0 Å². The Morgan fingerprint density at radius 3 is 2.76 bits per heavy atom. The minimum atomic E-state index is -1.65. The number of fused-ring (bicyclic) bond motifs is 2. The van der Waals surface area contributed by atoms with Gasteiger partial charge in [-0.3, -0.25) is 4.79 Å². The van der Waals surface area contributed by atoms with Crippen molar-refractivity contribution in [3.63, 3.8) is 0 Å². The number of hydrogen-bond donors (Lipinski definition) is 3. The standard InChI is InChI=1S/C17H14N2O2/c1-10-6-7-15-12(8-10)17(21,16(20)19-15)13-9-18-14-5-3-2-4-11(13)14/h2-9,18,21H,1H3,(H,19,20). The lowest BCUT2D eigenvalue weighted by Crippen LogP contribution is -2.35. The molecule has 4 nitrogen and oxygen atoms in total. The molecule has 0 spiro atoms. The first-order valence-corrected chi connectivity index (χ1v) is 6.82. The fourth-order valence-corrected chi connectivity index (χ4v) is 3.04. The van der Waals surface area contributed by atoms with E-state index < -0.39 is 11.5 Å². The zero-order chi connectivity index (χ0) is 14.6. The van der Waals surface area contributed by atoms with Crippen LogP contribution in [0.3, 0.4) is 0 Å². The largest absolute Gasteiger partial charge is 0.372 e. The smallest absolute Gasteiger partial charge is 0.265 e. The van der Waals surface area contributed by atoms with Gasteiger partial charge >= 0.3 is 0 Å². The molecule has 4 rings (SSSR count). The molecule has 3 N–H and O–H groups in total. The molecule has 3 aromatic rings. The summed E-state index contributed by atoms with van der Waals surface area (Å²) >= 11 is 0. The monoisotopic (exact) mass is 278 g/mol. The van der Waals surface area contributed by atoms with Crippen molar-refractivity contribution in [2.75, 3.05) is 5.32 Å². The molecular weight excluding hydrogens is 264 g/mol. The molecule has 1 atom stereocenters. The van der Waals surface area contributed by atoms with Crippen LogP contribution in [0.15, 0.2) is 48.7 Å². The van der Waals surface area contributed by atoms with Crippen molar-refractivity contribution in [3.05, 3.63) is 65.4 Å². The number of hydrogen-bond acceptors (Lipinski definition) is 2. The zero-order valence-corrected chi connectivity index (χ0v) is 11.5. The normalized spacial score (nSPS) is 20.6. The molecule has 0 bridgehead atoms. The van der Waals surface area contributed by atoms with E-state index in [1.165, 1.54) is 0 Å². The van der Waals surface area contributed by atoms with E-state index in [1.54, 1.807) is 6.20 Å². The molecule has 1 amide bonds. The summed E-state index contributed by atoms with van der Waals surface area (Å²) < 4.78 is 0. The molecular formula is C17H14N2O2. The molecule has 1 aromatic heterocycles.